The highest BCUT2D eigenvalue weighted by atomic mass is 16.2. The van der Waals surface area contributed by atoms with E-state index in [9.17, 15) is 4.79 Å². The lowest BCUT2D eigenvalue weighted by molar-refractivity contribution is -0.129. The highest BCUT2D eigenvalue weighted by molar-refractivity contribution is 5.78. The van der Waals surface area contributed by atoms with E-state index in [1.165, 1.54) is 0 Å². The highest BCUT2D eigenvalue weighted by Gasteiger charge is 2.29. The lowest BCUT2D eigenvalue weighted by Crippen LogP contribution is -2.36. The summed E-state index contributed by atoms with van der Waals surface area (Å²) < 4.78 is 0. The van der Waals surface area contributed by atoms with Crippen molar-refractivity contribution in [1.82, 2.24) is 10.2 Å². The van der Waals surface area contributed by atoms with Crippen molar-refractivity contribution >= 4 is 5.91 Å². The number of likely N-dealkylation sites (tertiary alicyclic amines) is 1. The van der Waals surface area contributed by atoms with Gasteiger partial charge in [0.05, 0.1) is 0 Å². The van der Waals surface area contributed by atoms with Crippen LogP contribution < -0.4 is 5.32 Å². The van der Waals surface area contributed by atoms with Gasteiger partial charge in [-0.25, -0.2) is 0 Å². The Morgan fingerprint density at radius 3 is 3.00 bits per heavy atom. The van der Waals surface area contributed by atoms with Crippen LogP contribution in [0.25, 0.3) is 0 Å². The molecule has 1 amide bonds. The quantitative estimate of drug-likeness (QED) is 0.519. The second-order valence-electron chi connectivity index (χ2n) is 5.24. The van der Waals surface area contributed by atoms with Crippen LogP contribution in [0.15, 0.2) is 12.7 Å². The molecule has 0 spiro atoms. The van der Waals surface area contributed by atoms with E-state index in [0.717, 1.165) is 45.3 Å². The van der Waals surface area contributed by atoms with Crippen LogP contribution in [0.5, 0.6) is 0 Å². The van der Waals surface area contributed by atoms with Gasteiger partial charge in [0.2, 0.25) is 5.91 Å². The summed E-state index contributed by atoms with van der Waals surface area (Å²) in [4.78, 5) is 13.9. The van der Waals surface area contributed by atoms with Crippen molar-refractivity contribution in [3.05, 3.63) is 12.7 Å². The molecule has 1 N–H and O–H groups in total. The topological polar surface area (TPSA) is 32.3 Å². The van der Waals surface area contributed by atoms with Crippen LogP contribution in [-0.2, 0) is 4.79 Å². The molecular weight excluding hydrogens is 212 g/mol. The maximum atomic E-state index is 11.8. The summed E-state index contributed by atoms with van der Waals surface area (Å²) in [6.07, 6.45) is 5.83. The van der Waals surface area contributed by atoms with Crippen LogP contribution >= 0.6 is 0 Å². The second-order valence-corrected chi connectivity index (χ2v) is 5.24. The molecule has 1 rings (SSSR count). The van der Waals surface area contributed by atoms with Gasteiger partial charge in [-0.1, -0.05) is 19.9 Å². The summed E-state index contributed by atoms with van der Waals surface area (Å²) in [6, 6.07) is 0.457. The fraction of sp³-hybridized carbons (Fsp3) is 0.786. The first-order chi connectivity index (χ1) is 8.15. The molecule has 0 aliphatic carbocycles. The number of rotatable bonds is 8. The Kier molecular flexibility index (Phi) is 6.27. The number of nitrogens with one attached hydrogen (secondary N) is 1. The van der Waals surface area contributed by atoms with Gasteiger partial charge in [0, 0.05) is 25.6 Å². The Labute approximate surface area is 105 Å². The van der Waals surface area contributed by atoms with E-state index in [0.29, 0.717) is 17.9 Å². The van der Waals surface area contributed by atoms with Gasteiger partial charge < -0.3 is 10.2 Å². The molecule has 1 heterocycles. The van der Waals surface area contributed by atoms with E-state index >= 15 is 0 Å². The van der Waals surface area contributed by atoms with Crippen LogP contribution in [-0.4, -0.2) is 36.5 Å². The van der Waals surface area contributed by atoms with E-state index in [-0.39, 0.29) is 0 Å². The first-order valence-electron chi connectivity index (χ1n) is 6.76. The predicted octanol–water partition coefficient (Wildman–Crippen LogP) is 2.19. The van der Waals surface area contributed by atoms with Crippen LogP contribution in [0, 0.1) is 5.92 Å². The van der Waals surface area contributed by atoms with Crippen LogP contribution in [0.4, 0.5) is 0 Å². The molecule has 1 fully saturated rings. The Hall–Kier alpha value is -0.830. The van der Waals surface area contributed by atoms with Crippen molar-refractivity contribution in [3.63, 3.8) is 0 Å². The van der Waals surface area contributed by atoms with Crippen molar-refractivity contribution in [2.75, 3.05) is 19.6 Å². The molecule has 0 unspecified atom stereocenters. The molecular formula is C14H26N2O. The molecule has 1 atom stereocenters. The minimum atomic E-state index is 0.347. The van der Waals surface area contributed by atoms with Gasteiger partial charge in [0.15, 0.2) is 0 Å². The van der Waals surface area contributed by atoms with Gasteiger partial charge in [0.1, 0.15) is 0 Å². The van der Waals surface area contributed by atoms with E-state index in [1.54, 1.807) is 0 Å². The lowest BCUT2D eigenvalue weighted by Gasteiger charge is -2.25. The van der Waals surface area contributed by atoms with Gasteiger partial charge in [-0.05, 0) is 31.7 Å². The van der Waals surface area contributed by atoms with Crippen molar-refractivity contribution in [1.29, 1.82) is 0 Å². The second kappa shape index (κ2) is 7.49. The fourth-order valence-electron chi connectivity index (χ4n) is 2.27. The van der Waals surface area contributed by atoms with E-state index in [1.807, 2.05) is 6.08 Å². The standard InChI is InChI=1S/C14H26N2O/c1-4-9-15-10-7-13-5-6-14(17)16(13)11-8-12(2)3/h4,12-13,15H,1,5-11H2,2-3H3/t13-/m0/s1. The van der Waals surface area contributed by atoms with Gasteiger partial charge in [-0.2, -0.15) is 0 Å². The molecule has 0 bridgehead atoms. The van der Waals surface area contributed by atoms with Gasteiger partial charge in [-0.3, -0.25) is 4.79 Å². The van der Waals surface area contributed by atoms with Crippen molar-refractivity contribution in [2.45, 2.75) is 45.6 Å². The van der Waals surface area contributed by atoms with Crippen LogP contribution in [0.1, 0.15) is 39.5 Å². The summed E-state index contributed by atoms with van der Waals surface area (Å²) in [5, 5.41) is 3.31. The number of amides is 1. The maximum Gasteiger partial charge on any atom is 0.222 e. The maximum absolute atomic E-state index is 11.8. The summed E-state index contributed by atoms with van der Waals surface area (Å²) >= 11 is 0. The summed E-state index contributed by atoms with van der Waals surface area (Å²) in [5.74, 6) is 1.02. The van der Waals surface area contributed by atoms with E-state index in [4.69, 9.17) is 0 Å². The normalized spacial score (nSPS) is 20.3. The number of hydrogen-bond acceptors (Lipinski definition) is 2. The first kappa shape index (κ1) is 14.2. The highest BCUT2D eigenvalue weighted by Crippen LogP contribution is 2.22. The third kappa shape index (κ3) is 4.90. The average molecular weight is 238 g/mol. The monoisotopic (exact) mass is 238 g/mol. The zero-order valence-electron chi connectivity index (χ0n) is 11.2. The molecule has 3 nitrogen and oxygen atoms in total. The Bertz CT molecular complexity index is 251. The number of nitrogens with zero attached hydrogens (tertiary/aromatic N) is 1. The summed E-state index contributed by atoms with van der Waals surface area (Å²) in [5.41, 5.74) is 0. The third-order valence-electron chi connectivity index (χ3n) is 3.34. The average Bonchev–Trinajstić information content (AvgIpc) is 2.63. The SMILES string of the molecule is C=CCNCC[C@@H]1CCC(=O)N1CCC(C)C. The predicted molar refractivity (Wildman–Crippen MR) is 71.9 cm³/mol. The third-order valence-corrected chi connectivity index (χ3v) is 3.34. The molecule has 17 heavy (non-hydrogen) atoms. The minimum Gasteiger partial charge on any atom is -0.340 e. The van der Waals surface area contributed by atoms with Crippen molar-refractivity contribution in [2.24, 2.45) is 5.92 Å². The zero-order valence-corrected chi connectivity index (χ0v) is 11.2. The molecule has 3 heteroatoms. The molecule has 0 aromatic rings. The number of carbonyl (C=O) groups excluding carboxylic acids is 1. The largest absolute Gasteiger partial charge is 0.340 e. The molecule has 0 aromatic carbocycles. The molecule has 0 aromatic heterocycles. The summed E-state index contributed by atoms with van der Waals surface area (Å²) in [6.45, 7) is 10.9. The molecule has 98 valence electrons. The van der Waals surface area contributed by atoms with Crippen LogP contribution in [0.2, 0.25) is 0 Å². The molecule has 1 aliphatic heterocycles. The molecule has 0 saturated carbocycles. The Morgan fingerprint density at radius 1 is 1.59 bits per heavy atom. The molecule has 1 saturated heterocycles. The van der Waals surface area contributed by atoms with E-state index in [2.05, 4.69) is 30.6 Å². The van der Waals surface area contributed by atoms with E-state index < -0.39 is 0 Å². The minimum absolute atomic E-state index is 0.347. The lowest BCUT2D eigenvalue weighted by atomic mass is 10.1. The number of hydrogen-bond donors (Lipinski definition) is 1. The Balaban J connectivity index is 2.30. The zero-order chi connectivity index (χ0) is 12.7. The molecule has 1 aliphatic rings. The van der Waals surface area contributed by atoms with Crippen LogP contribution in [0.3, 0.4) is 0 Å². The van der Waals surface area contributed by atoms with Gasteiger partial charge in [0.25, 0.3) is 0 Å². The summed E-state index contributed by atoms with van der Waals surface area (Å²) in [7, 11) is 0. The fourth-order valence-corrected chi connectivity index (χ4v) is 2.27. The smallest absolute Gasteiger partial charge is 0.222 e. The molecule has 0 radical (unpaired) electrons. The first-order valence-corrected chi connectivity index (χ1v) is 6.76. The van der Waals surface area contributed by atoms with Crippen molar-refractivity contribution in [3.8, 4) is 0 Å². The van der Waals surface area contributed by atoms with Gasteiger partial charge in [-0.15, -0.1) is 6.58 Å². The van der Waals surface area contributed by atoms with Gasteiger partial charge >= 0.3 is 0 Å². The number of carbonyl (C=O) groups is 1. The van der Waals surface area contributed by atoms with Crippen molar-refractivity contribution < 1.29 is 4.79 Å². The Morgan fingerprint density at radius 2 is 2.35 bits per heavy atom.